The molecule has 3 fully saturated rings. The molecule has 0 bridgehead atoms. The van der Waals surface area contributed by atoms with E-state index in [4.69, 9.17) is 4.74 Å². The molecule has 0 spiro atoms. The van der Waals surface area contributed by atoms with E-state index in [0.29, 0.717) is 50.5 Å². The van der Waals surface area contributed by atoms with Crippen LogP contribution < -0.4 is 10.2 Å². The maximum atomic E-state index is 15.3. The molecule has 1 aromatic heterocycles. The summed E-state index contributed by atoms with van der Waals surface area (Å²) in [5.74, 6) is -2.34. The number of aryl methyl sites for hydroxylation is 1. The Morgan fingerprint density at radius 3 is 2.44 bits per heavy atom. The second-order valence-electron chi connectivity index (χ2n) is 10.8. The third-order valence-corrected chi connectivity index (χ3v) is 7.02. The number of amides is 3. The number of hydrogen-bond acceptors (Lipinski definition) is 7. The predicted molar refractivity (Wildman–Crippen MR) is 129 cm³/mol. The number of nitrogens with one attached hydrogen (secondary N) is 1. The Hall–Kier alpha value is -2.82. The van der Waals surface area contributed by atoms with Crippen LogP contribution in [-0.4, -0.2) is 89.8 Å². The van der Waals surface area contributed by atoms with E-state index >= 15 is 8.78 Å². The van der Waals surface area contributed by atoms with Gasteiger partial charge in [0.25, 0.3) is 0 Å². The van der Waals surface area contributed by atoms with Gasteiger partial charge in [-0.3, -0.25) is 24.8 Å². The van der Waals surface area contributed by atoms with Crippen molar-refractivity contribution in [2.75, 3.05) is 44.2 Å². The molecule has 4 heterocycles. The standard InChI is InChI=1S/C25H35F2N5O4/c1-15-20(13-17(26)22(28-15)16-5-6-21(33)29-23(16)34)32-8-7-19(18(27)14-32)30-9-11-31(12-10-30)24(35)36-25(2,3)4/h13,16,18-19H,5-12,14H2,1-4H3,(H,29,33,34)/t16?,18-,19+/m1/s1. The fraction of sp³-hybridized carbons (Fsp3) is 0.680. The number of halogens is 2. The fourth-order valence-electron chi connectivity index (χ4n) is 5.19. The highest BCUT2D eigenvalue weighted by Crippen LogP contribution is 2.32. The van der Waals surface area contributed by atoms with E-state index in [1.165, 1.54) is 6.07 Å². The number of anilines is 1. The highest BCUT2D eigenvalue weighted by molar-refractivity contribution is 6.00. The number of ether oxygens (including phenoxy) is 1. The van der Waals surface area contributed by atoms with Gasteiger partial charge in [0.15, 0.2) is 0 Å². The molecule has 0 aliphatic carbocycles. The Morgan fingerprint density at radius 1 is 1.14 bits per heavy atom. The van der Waals surface area contributed by atoms with Crippen molar-refractivity contribution in [3.63, 3.8) is 0 Å². The molecular formula is C25H35F2N5O4. The molecule has 198 valence electrons. The van der Waals surface area contributed by atoms with Gasteiger partial charge in [-0.15, -0.1) is 0 Å². The molecule has 1 unspecified atom stereocenters. The molecule has 1 aromatic rings. The Labute approximate surface area is 210 Å². The number of imide groups is 1. The van der Waals surface area contributed by atoms with Crippen LogP contribution in [0, 0.1) is 12.7 Å². The van der Waals surface area contributed by atoms with Crippen molar-refractivity contribution in [2.45, 2.75) is 70.7 Å². The molecule has 9 nitrogen and oxygen atoms in total. The van der Waals surface area contributed by atoms with Gasteiger partial charge in [0.2, 0.25) is 11.8 Å². The van der Waals surface area contributed by atoms with Gasteiger partial charge in [-0.05, 0) is 40.5 Å². The summed E-state index contributed by atoms with van der Waals surface area (Å²) < 4.78 is 35.8. The fourth-order valence-corrected chi connectivity index (χ4v) is 5.19. The molecular weight excluding hydrogens is 472 g/mol. The lowest BCUT2D eigenvalue weighted by Crippen LogP contribution is -2.58. The zero-order valence-electron chi connectivity index (χ0n) is 21.4. The van der Waals surface area contributed by atoms with Gasteiger partial charge in [-0.2, -0.15) is 0 Å². The first-order valence-corrected chi connectivity index (χ1v) is 12.5. The van der Waals surface area contributed by atoms with Gasteiger partial charge >= 0.3 is 6.09 Å². The summed E-state index contributed by atoms with van der Waals surface area (Å²) in [6, 6.07) is 1.05. The lowest BCUT2D eigenvalue weighted by atomic mass is 9.93. The first-order chi connectivity index (χ1) is 16.9. The Balaban J connectivity index is 1.36. The average Bonchev–Trinajstić information content (AvgIpc) is 2.79. The van der Waals surface area contributed by atoms with Crippen LogP contribution >= 0.6 is 0 Å². The first-order valence-electron chi connectivity index (χ1n) is 12.5. The van der Waals surface area contributed by atoms with Gasteiger partial charge in [0.05, 0.1) is 29.5 Å². The zero-order valence-corrected chi connectivity index (χ0v) is 21.4. The monoisotopic (exact) mass is 507 g/mol. The smallest absolute Gasteiger partial charge is 0.410 e. The highest BCUT2D eigenvalue weighted by Gasteiger charge is 2.37. The SMILES string of the molecule is Cc1nc(C2CCC(=O)NC2=O)c(F)cc1N1CC[C@H](N2CCN(C(=O)OC(C)(C)C)CC2)[C@H](F)C1. The van der Waals surface area contributed by atoms with Crippen molar-refractivity contribution in [1.82, 2.24) is 20.1 Å². The van der Waals surface area contributed by atoms with Crippen LogP contribution in [-0.2, 0) is 14.3 Å². The van der Waals surface area contributed by atoms with Crippen LogP contribution in [0.5, 0.6) is 0 Å². The third kappa shape index (κ3) is 5.77. The Morgan fingerprint density at radius 2 is 1.83 bits per heavy atom. The summed E-state index contributed by atoms with van der Waals surface area (Å²) in [5.41, 5.74) is 0.500. The number of carbonyl (C=O) groups excluding carboxylic acids is 3. The second kappa shape index (κ2) is 10.3. The number of carbonyl (C=O) groups is 3. The summed E-state index contributed by atoms with van der Waals surface area (Å²) in [7, 11) is 0. The molecule has 3 saturated heterocycles. The maximum absolute atomic E-state index is 15.3. The van der Waals surface area contributed by atoms with E-state index in [0.717, 1.165) is 0 Å². The summed E-state index contributed by atoms with van der Waals surface area (Å²) in [5, 5.41) is 2.24. The quantitative estimate of drug-likeness (QED) is 0.629. The Kier molecular flexibility index (Phi) is 7.49. The number of piperidine rings is 2. The number of alkyl halides is 1. The van der Waals surface area contributed by atoms with E-state index in [9.17, 15) is 14.4 Å². The molecule has 3 amide bonds. The van der Waals surface area contributed by atoms with Crippen LogP contribution in [0.3, 0.4) is 0 Å². The van der Waals surface area contributed by atoms with Crippen molar-refractivity contribution in [1.29, 1.82) is 0 Å². The Bertz CT molecular complexity index is 1020. The molecule has 11 heteroatoms. The van der Waals surface area contributed by atoms with Crippen LogP contribution in [0.15, 0.2) is 6.07 Å². The number of hydrogen-bond donors (Lipinski definition) is 1. The summed E-state index contributed by atoms with van der Waals surface area (Å²) >= 11 is 0. The number of pyridine rings is 1. The van der Waals surface area contributed by atoms with Crippen LogP contribution in [0.1, 0.15) is 57.3 Å². The molecule has 1 N–H and O–H groups in total. The maximum Gasteiger partial charge on any atom is 0.410 e. The van der Waals surface area contributed by atoms with Crippen molar-refractivity contribution in [2.24, 2.45) is 0 Å². The van der Waals surface area contributed by atoms with Crippen molar-refractivity contribution < 1.29 is 27.9 Å². The zero-order chi connectivity index (χ0) is 26.2. The minimum atomic E-state index is -1.15. The van der Waals surface area contributed by atoms with Crippen molar-refractivity contribution >= 4 is 23.6 Å². The highest BCUT2D eigenvalue weighted by atomic mass is 19.1. The normalized spacial score (nSPS) is 26.1. The predicted octanol–water partition coefficient (Wildman–Crippen LogP) is 2.52. The number of aromatic nitrogens is 1. The molecule has 3 atom stereocenters. The molecule has 0 radical (unpaired) electrons. The summed E-state index contributed by atoms with van der Waals surface area (Å²) in [6.45, 7) is 9.96. The molecule has 3 aliphatic heterocycles. The van der Waals surface area contributed by atoms with Crippen molar-refractivity contribution in [3.8, 4) is 0 Å². The van der Waals surface area contributed by atoms with E-state index in [-0.39, 0.29) is 43.1 Å². The third-order valence-electron chi connectivity index (χ3n) is 7.02. The van der Waals surface area contributed by atoms with Gasteiger partial charge < -0.3 is 14.5 Å². The number of piperazine rings is 1. The topological polar surface area (TPSA) is 95.1 Å². The second-order valence-corrected chi connectivity index (χ2v) is 10.8. The molecule has 3 aliphatic rings. The minimum absolute atomic E-state index is 0.0239. The summed E-state index contributed by atoms with van der Waals surface area (Å²) in [6.07, 6.45) is -0.582. The number of nitrogens with zero attached hydrogens (tertiary/aromatic N) is 4. The van der Waals surface area contributed by atoms with E-state index in [1.54, 1.807) is 16.7 Å². The molecule has 36 heavy (non-hydrogen) atoms. The first kappa shape index (κ1) is 26.2. The van der Waals surface area contributed by atoms with Crippen LogP contribution in [0.2, 0.25) is 0 Å². The van der Waals surface area contributed by atoms with Crippen LogP contribution in [0.25, 0.3) is 0 Å². The van der Waals surface area contributed by atoms with Crippen molar-refractivity contribution in [3.05, 3.63) is 23.3 Å². The van der Waals surface area contributed by atoms with Gasteiger partial charge in [-0.25, -0.2) is 13.6 Å². The minimum Gasteiger partial charge on any atom is -0.444 e. The van der Waals surface area contributed by atoms with E-state index < -0.39 is 29.4 Å². The van der Waals surface area contributed by atoms with Crippen LogP contribution in [0.4, 0.5) is 19.3 Å². The lowest BCUT2D eigenvalue weighted by molar-refractivity contribution is -0.134. The van der Waals surface area contributed by atoms with E-state index in [1.807, 2.05) is 20.8 Å². The van der Waals surface area contributed by atoms with Gasteiger partial charge in [0, 0.05) is 51.3 Å². The summed E-state index contributed by atoms with van der Waals surface area (Å²) in [4.78, 5) is 45.8. The molecule has 0 aromatic carbocycles. The molecule has 4 rings (SSSR count). The van der Waals surface area contributed by atoms with Gasteiger partial charge in [-0.1, -0.05) is 0 Å². The average molecular weight is 508 g/mol. The lowest BCUT2D eigenvalue weighted by Gasteiger charge is -2.44. The van der Waals surface area contributed by atoms with Gasteiger partial charge in [0.1, 0.15) is 17.6 Å². The number of rotatable bonds is 3. The largest absolute Gasteiger partial charge is 0.444 e. The van der Waals surface area contributed by atoms with E-state index in [2.05, 4.69) is 15.2 Å². The molecule has 0 saturated carbocycles.